The summed E-state index contributed by atoms with van der Waals surface area (Å²) >= 11 is 0. The van der Waals surface area contributed by atoms with E-state index in [0.717, 1.165) is 41.5 Å². The molecule has 16 heteroatoms. The molecule has 0 N–H and O–H groups in total. The quantitative estimate of drug-likeness (QED) is 0.184. The number of carbonyl (C=O) groups is 6. The lowest BCUT2D eigenvalue weighted by Crippen LogP contribution is -2.49. The predicted octanol–water partition coefficient (Wildman–Crippen LogP) is 1.06. The molecule has 0 radical (unpaired) electrons. The van der Waals surface area contributed by atoms with Crippen molar-refractivity contribution in [1.82, 2.24) is 0 Å². The van der Waals surface area contributed by atoms with Crippen LogP contribution in [0.5, 0.6) is 0 Å². The van der Waals surface area contributed by atoms with Crippen LogP contribution in [0.2, 0.25) is 12.1 Å². The van der Waals surface area contributed by atoms with Gasteiger partial charge < -0.3 is 36.0 Å². The molecule has 0 aromatic rings. The first kappa shape index (κ1) is 33.2. The van der Waals surface area contributed by atoms with Crippen molar-refractivity contribution < 1.29 is 64.8 Å². The molecular weight excluding hydrogens is 520 g/mol. The van der Waals surface area contributed by atoms with Crippen LogP contribution in [-0.2, 0) is 64.8 Å². The van der Waals surface area contributed by atoms with E-state index in [1.54, 1.807) is 0 Å². The summed E-state index contributed by atoms with van der Waals surface area (Å²) < 4.78 is 41.3. The maximum absolute atomic E-state index is 11.4. The molecule has 36 heavy (non-hydrogen) atoms. The fourth-order valence-corrected chi connectivity index (χ4v) is 7.49. The van der Waals surface area contributed by atoms with Gasteiger partial charge >= 0.3 is 17.6 Å². The first-order chi connectivity index (χ1) is 16.7. The van der Waals surface area contributed by atoms with Gasteiger partial charge in [0.25, 0.3) is 35.8 Å². The number of carbonyl (C=O) groups excluding carboxylic acids is 6. The van der Waals surface area contributed by atoms with Crippen LogP contribution in [0.15, 0.2) is 0 Å². The number of hydrogen-bond acceptors (Lipinski definition) is 14. The molecule has 0 aliphatic carbocycles. The largest absolute Gasteiger partial charge is 0.705 e. The van der Waals surface area contributed by atoms with Crippen LogP contribution in [0.3, 0.4) is 0 Å². The summed E-state index contributed by atoms with van der Waals surface area (Å²) in [6, 6.07) is -0.0243. The van der Waals surface area contributed by atoms with Gasteiger partial charge in [-0.2, -0.15) is 0 Å². The van der Waals surface area contributed by atoms with Gasteiger partial charge in [0.05, 0.1) is 25.3 Å². The lowest BCUT2D eigenvalue weighted by molar-refractivity contribution is -0.151. The molecule has 0 unspecified atom stereocenters. The molecule has 0 amide bonds. The molecule has 0 saturated carbocycles. The minimum atomic E-state index is -3.89. The van der Waals surface area contributed by atoms with Crippen molar-refractivity contribution in [1.29, 1.82) is 0 Å². The van der Waals surface area contributed by atoms with E-state index in [-0.39, 0.29) is 51.4 Å². The predicted molar refractivity (Wildman–Crippen MR) is 123 cm³/mol. The van der Waals surface area contributed by atoms with Crippen molar-refractivity contribution in [3.05, 3.63) is 0 Å². The Morgan fingerprint density at radius 3 is 0.833 bits per heavy atom. The molecule has 0 aliphatic rings. The fraction of sp³-hybridized carbons (Fsp3) is 0.700. The van der Waals surface area contributed by atoms with Gasteiger partial charge in [0.1, 0.15) is 0 Å². The Kier molecular flexibility index (Phi) is 15.5. The van der Waals surface area contributed by atoms with E-state index in [9.17, 15) is 28.8 Å². The highest BCUT2D eigenvalue weighted by atomic mass is 28.4. The minimum Gasteiger partial charge on any atom is -0.455 e. The van der Waals surface area contributed by atoms with Gasteiger partial charge in [-0.05, 0) is 12.8 Å². The maximum atomic E-state index is 11.4. The van der Waals surface area contributed by atoms with Crippen LogP contribution >= 0.6 is 0 Å². The second kappa shape index (κ2) is 16.8. The summed E-state index contributed by atoms with van der Waals surface area (Å²) in [7, 11) is -7.78. The zero-order valence-corrected chi connectivity index (χ0v) is 23.4. The average Bonchev–Trinajstić information content (AvgIpc) is 2.65. The van der Waals surface area contributed by atoms with E-state index < -0.39 is 53.4 Å². The summed E-state index contributed by atoms with van der Waals surface area (Å²) in [5.74, 6) is -4.49. The molecule has 0 aromatic heterocycles. The molecule has 0 fully saturated rings. The van der Waals surface area contributed by atoms with Crippen molar-refractivity contribution in [2.75, 3.05) is 26.4 Å². The number of rotatable bonds is 17. The maximum Gasteiger partial charge on any atom is 0.705 e. The average molecular weight is 555 g/mol. The van der Waals surface area contributed by atoms with Crippen molar-refractivity contribution in [3.63, 3.8) is 0 Å². The van der Waals surface area contributed by atoms with E-state index in [1.807, 2.05) is 0 Å². The van der Waals surface area contributed by atoms with Crippen LogP contribution in [-0.4, -0.2) is 79.9 Å². The third-order valence-electron chi connectivity index (χ3n) is 3.71. The second-order valence-corrected chi connectivity index (χ2v) is 12.3. The molecule has 0 atom stereocenters. The molecule has 0 bridgehead atoms. The number of hydrogen-bond donors (Lipinski definition) is 0. The molecule has 0 rings (SSSR count). The SMILES string of the molecule is CC(=O)O[Si](CCCOCCOCCC[Si](OC(C)=O)(OC(C)=O)OC(C)=O)(OC(C)=O)OC(C)=O. The molecule has 0 spiro atoms. The number of ether oxygens (including phenoxy) is 2. The van der Waals surface area contributed by atoms with Gasteiger partial charge in [-0.1, -0.05) is 0 Å². The minimum absolute atomic E-state index is 0.0121. The molecule has 0 aliphatic heterocycles. The highest BCUT2D eigenvalue weighted by Gasteiger charge is 2.52. The summed E-state index contributed by atoms with van der Waals surface area (Å²) in [4.78, 5) is 68.5. The van der Waals surface area contributed by atoms with Crippen molar-refractivity contribution in [3.8, 4) is 0 Å². The van der Waals surface area contributed by atoms with Crippen LogP contribution in [0.1, 0.15) is 54.4 Å². The Bertz CT molecular complexity index is 639. The molecule has 206 valence electrons. The molecule has 14 nitrogen and oxygen atoms in total. The zero-order chi connectivity index (χ0) is 27.8. The second-order valence-electron chi connectivity index (χ2n) is 7.36. The van der Waals surface area contributed by atoms with Gasteiger partial charge in [0.2, 0.25) is 0 Å². The normalized spacial score (nSPS) is 11.2. The smallest absolute Gasteiger partial charge is 0.455 e. The lowest BCUT2D eigenvalue weighted by atomic mass is 10.5. The van der Waals surface area contributed by atoms with E-state index in [2.05, 4.69) is 0 Å². The van der Waals surface area contributed by atoms with E-state index >= 15 is 0 Å². The molecule has 0 saturated heterocycles. The Hall–Kier alpha value is -2.83. The fourth-order valence-electron chi connectivity index (χ4n) is 2.85. The topological polar surface area (TPSA) is 176 Å². The Morgan fingerprint density at radius 2 is 0.639 bits per heavy atom. The summed E-state index contributed by atoms with van der Waals surface area (Å²) in [5.41, 5.74) is 0. The molecular formula is C20H34O14Si2. The van der Waals surface area contributed by atoms with Gasteiger partial charge in [-0.3, -0.25) is 28.8 Å². The summed E-state index contributed by atoms with van der Waals surface area (Å²) in [6.07, 6.45) is 0.530. The third kappa shape index (κ3) is 16.0. The van der Waals surface area contributed by atoms with E-state index in [4.69, 9.17) is 36.0 Å². The van der Waals surface area contributed by atoms with Crippen molar-refractivity contribution in [2.45, 2.75) is 66.5 Å². The van der Waals surface area contributed by atoms with Gasteiger partial charge in [-0.25, -0.2) is 0 Å². The van der Waals surface area contributed by atoms with Crippen LogP contribution in [0.25, 0.3) is 0 Å². The highest BCUT2D eigenvalue weighted by Crippen LogP contribution is 2.20. The van der Waals surface area contributed by atoms with Crippen LogP contribution < -0.4 is 0 Å². The monoisotopic (exact) mass is 554 g/mol. The van der Waals surface area contributed by atoms with Gasteiger partial charge in [0.15, 0.2) is 0 Å². The third-order valence-corrected chi connectivity index (χ3v) is 9.23. The highest BCUT2D eigenvalue weighted by molar-refractivity contribution is 6.66. The Balaban J connectivity index is 4.52. The standard InChI is InChI=1S/C20H34O14Si2/c1-15(21)29-35(30-16(2)22,31-17(3)23)13-7-9-27-11-12-28-10-8-14-36(32-18(4)24,33-19(5)25)34-20(6)26/h7-14H2,1-6H3. The zero-order valence-electron chi connectivity index (χ0n) is 21.4. The Morgan fingerprint density at radius 1 is 0.417 bits per heavy atom. The lowest BCUT2D eigenvalue weighted by Gasteiger charge is -2.26. The first-order valence-electron chi connectivity index (χ1n) is 11.0. The van der Waals surface area contributed by atoms with Crippen LogP contribution in [0, 0.1) is 0 Å². The van der Waals surface area contributed by atoms with Crippen LogP contribution in [0.4, 0.5) is 0 Å². The van der Waals surface area contributed by atoms with E-state index in [0.29, 0.717) is 0 Å². The van der Waals surface area contributed by atoms with Crippen molar-refractivity contribution >= 4 is 53.4 Å². The molecule has 0 heterocycles. The summed E-state index contributed by atoms with van der Waals surface area (Å²) in [5, 5.41) is 0. The Labute approximate surface area is 211 Å². The van der Waals surface area contributed by atoms with Crippen molar-refractivity contribution in [2.24, 2.45) is 0 Å². The molecule has 0 aromatic carbocycles. The first-order valence-corrected chi connectivity index (χ1v) is 14.9. The summed E-state index contributed by atoms with van der Waals surface area (Å²) in [6.45, 7) is 7.37. The van der Waals surface area contributed by atoms with Gasteiger partial charge in [-0.15, -0.1) is 0 Å². The van der Waals surface area contributed by atoms with E-state index in [1.165, 1.54) is 0 Å². The van der Waals surface area contributed by atoms with Gasteiger partial charge in [0, 0.05) is 54.8 Å².